The van der Waals surface area contributed by atoms with Gasteiger partial charge in [0.2, 0.25) is 0 Å². The van der Waals surface area contributed by atoms with Gasteiger partial charge in [-0.15, -0.1) is 0 Å². The van der Waals surface area contributed by atoms with Gasteiger partial charge in [0.25, 0.3) is 0 Å². The van der Waals surface area contributed by atoms with Crippen LogP contribution in [0.25, 0.3) is 0 Å². The summed E-state index contributed by atoms with van der Waals surface area (Å²) < 4.78 is 11.7. The number of rotatable bonds is 11. The summed E-state index contributed by atoms with van der Waals surface area (Å²) in [5, 5.41) is 3.40. The molecule has 25 heavy (non-hydrogen) atoms. The van der Waals surface area contributed by atoms with Crippen LogP contribution in [0.15, 0.2) is 48.5 Å². The predicted molar refractivity (Wildman–Crippen MR) is 106 cm³/mol. The van der Waals surface area contributed by atoms with Crippen LogP contribution in [0.1, 0.15) is 51.5 Å². The van der Waals surface area contributed by atoms with Crippen molar-refractivity contribution in [3.8, 4) is 11.5 Å². The molecule has 0 spiro atoms. The van der Waals surface area contributed by atoms with Gasteiger partial charge in [-0.3, -0.25) is 0 Å². The SMILES string of the molecule is CCCCOc1cccc(NCCOc2ccccc2C(C)CC)c1. The Bertz CT molecular complexity index is 627. The Hall–Kier alpha value is -2.16. The van der Waals surface area contributed by atoms with Crippen LogP contribution < -0.4 is 14.8 Å². The third-order valence-corrected chi connectivity index (χ3v) is 4.35. The van der Waals surface area contributed by atoms with Gasteiger partial charge in [-0.2, -0.15) is 0 Å². The third-order valence-electron chi connectivity index (χ3n) is 4.35. The molecule has 2 rings (SSSR count). The van der Waals surface area contributed by atoms with E-state index in [0.29, 0.717) is 12.5 Å². The Labute approximate surface area is 152 Å². The minimum atomic E-state index is 0.515. The second-order valence-electron chi connectivity index (χ2n) is 6.35. The molecule has 3 nitrogen and oxygen atoms in total. The van der Waals surface area contributed by atoms with Crippen LogP contribution in [-0.4, -0.2) is 19.8 Å². The molecule has 0 saturated carbocycles. The fraction of sp³-hybridized carbons (Fsp3) is 0.455. The summed E-state index contributed by atoms with van der Waals surface area (Å²) in [4.78, 5) is 0. The summed E-state index contributed by atoms with van der Waals surface area (Å²) in [6.07, 6.45) is 3.35. The van der Waals surface area contributed by atoms with E-state index in [1.165, 1.54) is 5.56 Å². The lowest BCUT2D eigenvalue weighted by molar-refractivity contribution is 0.309. The van der Waals surface area contributed by atoms with Gasteiger partial charge in [-0.25, -0.2) is 0 Å². The summed E-state index contributed by atoms with van der Waals surface area (Å²) in [5.74, 6) is 2.43. The van der Waals surface area contributed by atoms with E-state index < -0.39 is 0 Å². The molecular formula is C22H31NO2. The van der Waals surface area contributed by atoms with Crippen molar-refractivity contribution in [1.29, 1.82) is 0 Å². The van der Waals surface area contributed by atoms with E-state index in [0.717, 1.165) is 49.6 Å². The van der Waals surface area contributed by atoms with E-state index in [4.69, 9.17) is 9.47 Å². The summed E-state index contributed by atoms with van der Waals surface area (Å²) in [5.41, 5.74) is 2.35. The van der Waals surface area contributed by atoms with Gasteiger partial charge in [0.15, 0.2) is 0 Å². The van der Waals surface area contributed by atoms with Gasteiger partial charge in [0.1, 0.15) is 18.1 Å². The Morgan fingerprint density at radius 3 is 2.60 bits per heavy atom. The van der Waals surface area contributed by atoms with E-state index >= 15 is 0 Å². The molecule has 136 valence electrons. The molecule has 0 saturated heterocycles. The molecule has 2 aromatic carbocycles. The van der Waals surface area contributed by atoms with Crippen molar-refractivity contribution >= 4 is 5.69 Å². The number of unbranched alkanes of at least 4 members (excludes halogenated alkanes) is 1. The van der Waals surface area contributed by atoms with Gasteiger partial charge in [-0.05, 0) is 42.5 Å². The number of nitrogens with one attached hydrogen (secondary N) is 1. The fourth-order valence-corrected chi connectivity index (χ4v) is 2.63. The summed E-state index contributed by atoms with van der Waals surface area (Å²) in [7, 11) is 0. The second-order valence-corrected chi connectivity index (χ2v) is 6.35. The van der Waals surface area contributed by atoms with Gasteiger partial charge < -0.3 is 14.8 Å². The van der Waals surface area contributed by atoms with Gasteiger partial charge in [0, 0.05) is 18.3 Å². The van der Waals surface area contributed by atoms with Gasteiger partial charge in [-0.1, -0.05) is 51.5 Å². The number of hydrogen-bond donors (Lipinski definition) is 1. The molecule has 0 heterocycles. The molecule has 0 radical (unpaired) electrons. The minimum Gasteiger partial charge on any atom is -0.494 e. The lowest BCUT2D eigenvalue weighted by atomic mass is 9.98. The number of para-hydroxylation sites is 1. The smallest absolute Gasteiger partial charge is 0.122 e. The van der Waals surface area contributed by atoms with Crippen molar-refractivity contribution in [3.63, 3.8) is 0 Å². The molecule has 0 amide bonds. The minimum absolute atomic E-state index is 0.515. The zero-order chi connectivity index (χ0) is 17.9. The summed E-state index contributed by atoms with van der Waals surface area (Å²) >= 11 is 0. The first kappa shape index (κ1) is 19.2. The van der Waals surface area contributed by atoms with Crippen LogP contribution in [-0.2, 0) is 0 Å². The molecule has 0 bridgehead atoms. The monoisotopic (exact) mass is 341 g/mol. The van der Waals surface area contributed by atoms with E-state index in [1.54, 1.807) is 0 Å². The van der Waals surface area contributed by atoms with Gasteiger partial charge in [0.05, 0.1) is 6.61 Å². The molecule has 0 aliphatic rings. The largest absolute Gasteiger partial charge is 0.494 e. The molecule has 1 N–H and O–H groups in total. The molecular weight excluding hydrogens is 310 g/mol. The highest BCUT2D eigenvalue weighted by Gasteiger charge is 2.09. The van der Waals surface area contributed by atoms with Gasteiger partial charge >= 0.3 is 0 Å². The highest BCUT2D eigenvalue weighted by molar-refractivity contribution is 5.48. The van der Waals surface area contributed by atoms with Crippen LogP contribution in [0.3, 0.4) is 0 Å². The van der Waals surface area contributed by atoms with Crippen molar-refractivity contribution < 1.29 is 9.47 Å². The molecule has 1 atom stereocenters. The van der Waals surface area contributed by atoms with E-state index in [9.17, 15) is 0 Å². The third kappa shape index (κ3) is 6.33. The van der Waals surface area contributed by atoms with Crippen molar-refractivity contribution in [2.45, 2.75) is 46.0 Å². The maximum absolute atomic E-state index is 6.00. The van der Waals surface area contributed by atoms with Crippen LogP contribution in [0.2, 0.25) is 0 Å². The summed E-state index contributed by atoms with van der Waals surface area (Å²) in [6, 6.07) is 16.4. The Morgan fingerprint density at radius 1 is 0.960 bits per heavy atom. The first-order chi connectivity index (χ1) is 12.2. The van der Waals surface area contributed by atoms with E-state index in [1.807, 2.05) is 24.3 Å². The first-order valence-electron chi connectivity index (χ1n) is 9.43. The zero-order valence-corrected chi connectivity index (χ0v) is 15.8. The highest BCUT2D eigenvalue weighted by atomic mass is 16.5. The van der Waals surface area contributed by atoms with Crippen LogP contribution in [0.5, 0.6) is 11.5 Å². The number of ether oxygens (including phenoxy) is 2. The summed E-state index contributed by atoms with van der Waals surface area (Å²) in [6.45, 7) is 8.78. The van der Waals surface area contributed by atoms with Crippen molar-refractivity contribution in [3.05, 3.63) is 54.1 Å². The normalized spacial score (nSPS) is 11.8. The average molecular weight is 341 g/mol. The molecule has 0 aliphatic heterocycles. The highest BCUT2D eigenvalue weighted by Crippen LogP contribution is 2.28. The molecule has 0 fully saturated rings. The first-order valence-corrected chi connectivity index (χ1v) is 9.43. The topological polar surface area (TPSA) is 30.5 Å². The Balaban J connectivity index is 1.81. The average Bonchev–Trinajstić information content (AvgIpc) is 2.65. The zero-order valence-electron chi connectivity index (χ0n) is 15.8. The molecule has 3 heteroatoms. The number of hydrogen-bond acceptors (Lipinski definition) is 3. The van der Waals surface area contributed by atoms with Crippen molar-refractivity contribution in [1.82, 2.24) is 0 Å². The Morgan fingerprint density at radius 2 is 1.80 bits per heavy atom. The standard InChI is InChI=1S/C22H31NO2/c1-4-6-15-24-20-11-9-10-19(17-20)23-14-16-25-22-13-8-7-12-21(22)18(3)5-2/h7-13,17-18,23H,4-6,14-16H2,1-3H3. The van der Waals surface area contributed by atoms with Crippen molar-refractivity contribution in [2.24, 2.45) is 0 Å². The maximum Gasteiger partial charge on any atom is 0.122 e. The predicted octanol–water partition coefficient (Wildman–Crippen LogP) is 5.87. The Kier molecular flexibility index (Phi) is 8.17. The van der Waals surface area contributed by atoms with Crippen LogP contribution in [0.4, 0.5) is 5.69 Å². The molecule has 0 aliphatic carbocycles. The van der Waals surface area contributed by atoms with E-state index in [2.05, 4.69) is 50.4 Å². The quantitative estimate of drug-likeness (QED) is 0.518. The molecule has 0 aromatic heterocycles. The fourth-order valence-electron chi connectivity index (χ4n) is 2.63. The second kappa shape index (κ2) is 10.7. The van der Waals surface area contributed by atoms with Crippen molar-refractivity contribution in [2.75, 3.05) is 25.1 Å². The maximum atomic E-state index is 6.00. The van der Waals surface area contributed by atoms with E-state index in [-0.39, 0.29) is 0 Å². The lowest BCUT2D eigenvalue weighted by Crippen LogP contribution is -2.12. The van der Waals surface area contributed by atoms with Crippen LogP contribution >= 0.6 is 0 Å². The molecule has 2 aromatic rings. The number of benzene rings is 2. The van der Waals surface area contributed by atoms with Crippen LogP contribution in [0, 0.1) is 0 Å². The molecule has 1 unspecified atom stereocenters. The number of anilines is 1. The lowest BCUT2D eigenvalue weighted by Gasteiger charge is -2.16.